The number of carbonyl (C=O) groups is 1. The second kappa shape index (κ2) is 6.81. The molecule has 0 fully saturated rings. The van der Waals surface area contributed by atoms with Gasteiger partial charge in [-0.15, -0.1) is 0 Å². The maximum absolute atomic E-state index is 13.2. The summed E-state index contributed by atoms with van der Waals surface area (Å²) in [4.78, 5) is 14.8. The zero-order valence-electron chi connectivity index (χ0n) is 14.8. The number of benzene rings is 2. The minimum atomic E-state index is -0.155. The number of ether oxygens (including phenoxy) is 1. The summed E-state index contributed by atoms with van der Waals surface area (Å²) in [5.74, 6) is 0.639. The number of rotatable bonds is 4. The Morgan fingerprint density at radius 3 is 2.48 bits per heavy atom. The Bertz CT molecular complexity index is 894. The Morgan fingerprint density at radius 1 is 1.16 bits per heavy atom. The standard InChI is InChI=1S/C20H21ClN2O2/c1-13(14-9-6-8-12-17(14)25-4)22(2)20(24)19-18(21)15-10-5-7-11-16(15)23(19)3/h5-13H,1-4H3. The van der Waals surface area contributed by atoms with Gasteiger partial charge in [0.15, 0.2) is 0 Å². The number of aromatic nitrogens is 1. The van der Waals surface area contributed by atoms with Crippen LogP contribution in [0.4, 0.5) is 0 Å². The first-order chi connectivity index (χ1) is 12.0. The van der Waals surface area contributed by atoms with Crippen LogP contribution in [0.2, 0.25) is 5.02 Å². The largest absolute Gasteiger partial charge is 0.496 e. The monoisotopic (exact) mass is 356 g/mol. The van der Waals surface area contributed by atoms with E-state index in [4.69, 9.17) is 16.3 Å². The SMILES string of the molecule is COc1ccccc1C(C)N(C)C(=O)c1c(Cl)c2ccccc2n1C. The molecule has 1 heterocycles. The summed E-state index contributed by atoms with van der Waals surface area (Å²) in [6.07, 6.45) is 0. The maximum Gasteiger partial charge on any atom is 0.272 e. The normalized spacial score (nSPS) is 12.2. The molecule has 0 saturated carbocycles. The molecule has 130 valence electrons. The number of nitrogens with zero attached hydrogens (tertiary/aromatic N) is 2. The lowest BCUT2D eigenvalue weighted by Gasteiger charge is -2.27. The highest BCUT2D eigenvalue weighted by atomic mass is 35.5. The molecule has 1 unspecified atom stereocenters. The van der Waals surface area contributed by atoms with Gasteiger partial charge in [0.05, 0.1) is 18.2 Å². The highest BCUT2D eigenvalue weighted by molar-refractivity contribution is 6.38. The fourth-order valence-electron chi connectivity index (χ4n) is 3.15. The molecule has 5 heteroatoms. The van der Waals surface area contributed by atoms with E-state index in [0.717, 1.165) is 22.2 Å². The molecule has 3 aromatic rings. The van der Waals surface area contributed by atoms with Crippen LogP contribution in [-0.2, 0) is 7.05 Å². The molecule has 0 aliphatic carbocycles. The van der Waals surface area contributed by atoms with Gasteiger partial charge >= 0.3 is 0 Å². The molecule has 1 aromatic heterocycles. The van der Waals surface area contributed by atoms with Gasteiger partial charge in [0.2, 0.25) is 0 Å². The van der Waals surface area contributed by atoms with Crippen molar-refractivity contribution in [3.05, 3.63) is 64.8 Å². The van der Waals surface area contributed by atoms with Crippen LogP contribution in [0.15, 0.2) is 48.5 Å². The van der Waals surface area contributed by atoms with Crippen molar-refractivity contribution in [2.24, 2.45) is 7.05 Å². The second-order valence-electron chi connectivity index (χ2n) is 6.07. The van der Waals surface area contributed by atoms with Crippen LogP contribution in [0.25, 0.3) is 10.9 Å². The van der Waals surface area contributed by atoms with Gasteiger partial charge in [-0.2, -0.15) is 0 Å². The van der Waals surface area contributed by atoms with E-state index in [2.05, 4.69) is 0 Å². The number of hydrogen-bond donors (Lipinski definition) is 0. The van der Waals surface area contributed by atoms with E-state index in [1.165, 1.54) is 0 Å². The predicted octanol–water partition coefficient (Wildman–Crippen LogP) is 4.67. The third-order valence-corrected chi connectivity index (χ3v) is 5.12. The number of hydrogen-bond acceptors (Lipinski definition) is 2. The van der Waals surface area contributed by atoms with Crippen molar-refractivity contribution >= 4 is 28.4 Å². The molecule has 0 radical (unpaired) electrons. The number of amides is 1. The topological polar surface area (TPSA) is 34.5 Å². The van der Waals surface area contributed by atoms with Crippen LogP contribution >= 0.6 is 11.6 Å². The maximum atomic E-state index is 13.2. The first-order valence-corrected chi connectivity index (χ1v) is 8.48. The van der Waals surface area contributed by atoms with Gasteiger partial charge in [0.25, 0.3) is 5.91 Å². The zero-order valence-corrected chi connectivity index (χ0v) is 15.5. The number of para-hydroxylation sites is 2. The molecule has 0 spiro atoms. The van der Waals surface area contributed by atoms with E-state index in [9.17, 15) is 4.79 Å². The molecule has 2 aromatic carbocycles. The molecule has 0 N–H and O–H groups in total. The molecule has 0 saturated heterocycles. The van der Waals surface area contributed by atoms with Gasteiger partial charge in [0.1, 0.15) is 11.4 Å². The average molecular weight is 357 g/mol. The second-order valence-corrected chi connectivity index (χ2v) is 6.45. The summed E-state index contributed by atoms with van der Waals surface area (Å²) in [5.41, 5.74) is 2.39. The lowest BCUT2D eigenvalue weighted by molar-refractivity contribution is 0.0732. The smallest absolute Gasteiger partial charge is 0.272 e. The molecule has 3 rings (SSSR count). The fraction of sp³-hybridized carbons (Fsp3) is 0.250. The number of carbonyl (C=O) groups excluding carboxylic acids is 1. The highest BCUT2D eigenvalue weighted by Gasteiger charge is 2.26. The van der Waals surface area contributed by atoms with Crippen LogP contribution in [0.1, 0.15) is 29.0 Å². The number of methoxy groups -OCH3 is 1. The van der Waals surface area contributed by atoms with E-state index >= 15 is 0 Å². The molecule has 25 heavy (non-hydrogen) atoms. The summed E-state index contributed by atoms with van der Waals surface area (Å²) in [5, 5.41) is 1.37. The van der Waals surface area contributed by atoms with Gasteiger partial charge in [0, 0.05) is 30.6 Å². The summed E-state index contributed by atoms with van der Waals surface area (Å²) in [6, 6.07) is 15.3. The highest BCUT2D eigenvalue weighted by Crippen LogP contribution is 2.33. The first kappa shape index (κ1) is 17.4. The van der Waals surface area contributed by atoms with Gasteiger partial charge in [-0.05, 0) is 19.1 Å². The third kappa shape index (κ3) is 2.87. The van der Waals surface area contributed by atoms with Crippen molar-refractivity contribution in [1.82, 2.24) is 9.47 Å². The van der Waals surface area contributed by atoms with Gasteiger partial charge in [-0.3, -0.25) is 4.79 Å². The molecule has 0 aliphatic rings. The minimum Gasteiger partial charge on any atom is -0.496 e. The number of halogens is 1. The van der Waals surface area contributed by atoms with Crippen molar-refractivity contribution in [1.29, 1.82) is 0 Å². The summed E-state index contributed by atoms with van der Waals surface area (Å²) in [6.45, 7) is 1.98. The Labute approximate surface area is 152 Å². The Morgan fingerprint density at radius 2 is 1.80 bits per heavy atom. The average Bonchev–Trinajstić information content (AvgIpc) is 2.91. The lowest BCUT2D eigenvalue weighted by atomic mass is 10.1. The molecule has 4 nitrogen and oxygen atoms in total. The molecular formula is C20H21ClN2O2. The Kier molecular flexibility index (Phi) is 4.73. The quantitative estimate of drug-likeness (QED) is 0.680. The molecule has 0 bridgehead atoms. The van der Waals surface area contributed by atoms with Crippen molar-refractivity contribution in [3.8, 4) is 5.75 Å². The Balaban J connectivity index is 2.01. The van der Waals surface area contributed by atoms with E-state index in [1.807, 2.05) is 67.1 Å². The van der Waals surface area contributed by atoms with Gasteiger partial charge in [-0.25, -0.2) is 0 Å². The van der Waals surface area contributed by atoms with E-state index in [0.29, 0.717) is 10.7 Å². The van der Waals surface area contributed by atoms with Crippen LogP contribution in [0.3, 0.4) is 0 Å². The minimum absolute atomic E-state index is 0.123. The number of fused-ring (bicyclic) bond motifs is 1. The van der Waals surface area contributed by atoms with E-state index < -0.39 is 0 Å². The van der Waals surface area contributed by atoms with Crippen molar-refractivity contribution in [3.63, 3.8) is 0 Å². The van der Waals surface area contributed by atoms with Crippen molar-refractivity contribution in [2.45, 2.75) is 13.0 Å². The van der Waals surface area contributed by atoms with Crippen LogP contribution < -0.4 is 4.74 Å². The van der Waals surface area contributed by atoms with Crippen LogP contribution in [-0.4, -0.2) is 29.5 Å². The fourth-order valence-corrected chi connectivity index (χ4v) is 3.51. The van der Waals surface area contributed by atoms with E-state index in [-0.39, 0.29) is 11.9 Å². The van der Waals surface area contributed by atoms with E-state index in [1.54, 1.807) is 19.1 Å². The summed E-state index contributed by atoms with van der Waals surface area (Å²) < 4.78 is 7.28. The van der Waals surface area contributed by atoms with Gasteiger partial charge in [-0.1, -0.05) is 48.0 Å². The van der Waals surface area contributed by atoms with Gasteiger partial charge < -0.3 is 14.2 Å². The van der Waals surface area contributed by atoms with Crippen molar-refractivity contribution in [2.75, 3.05) is 14.2 Å². The summed E-state index contributed by atoms with van der Waals surface area (Å²) >= 11 is 6.52. The third-order valence-electron chi connectivity index (χ3n) is 4.74. The molecule has 0 aliphatic heterocycles. The molecule has 1 amide bonds. The summed E-state index contributed by atoms with van der Waals surface area (Å²) in [7, 11) is 5.28. The number of aryl methyl sites for hydroxylation is 1. The van der Waals surface area contributed by atoms with Crippen LogP contribution in [0, 0.1) is 0 Å². The zero-order chi connectivity index (χ0) is 18.1. The first-order valence-electron chi connectivity index (χ1n) is 8.10. The Hall–Kier alpha value is -2.46. The van der Waals surface area contributed by atoms with Crippen molar-refractivity contribution < 1.29 is 9.53 Å². The predicted molar refractivity (Wildman–Crippen MR) is 101 cm³/mol. The van der Waals surface area contributed by atoms with Crippen LogP contribution in [0.5, 0.6) is 5.75 Å². The lowest BCUT2D eigenvalue weighted by Crippen LogP contribution is -2.31. The molecular weight excluding hydrogens is 336 g/mol. The molecule has 1 atom stereocenters.